The molecule has 1 saturated heterocycles. The van der Waals surface area contributed by atoms with Crippen molar-refractivity contribution in [1.82, 2.24) is 9.88 Å². The van der Waals surface area contributed by atoms with Crippen LogP contribution >= 0.6 is 0 Å². The largest absolute Gasteiger partial charge is 0.386 e. The van der Waals surface area contributed by atoms with E-state index in [2.05, 4.69) is 5.32 Å². The van der Waals surface area contributed by atoms with Crippen LogP contribution in [0.5, 0.6) is 0 Å². The number of hydrogen-bond donors (Lipinski definition) is 2. The molecular weight excluding hydrogens is 278 g/mol. The molecule has 2 heterocycles. The number of nitrogens with one attached hydrogen (secondary N) is 1. The van der Waals surface area contributed by atoms with Crippen molar-refractivity contribution in [3.05, 3.63) is 28.1 Å². The maximum absolute atomic E-state index is 12.2. The van der Waals surface area contributed by atoms with Crippen LogP contribution in [0.2, 0.25) is 0 Å². The second-order valence-electron chi connectivity index (χ2n) is 5.24. The molecular formula is C13H19N3O5. The SMILES string of the molecule is CCCn1cc([N+](=O)[O-])cc1C(=O)NCC1(O)CCOC1. The molecule has 21 heavy (non-hydrogen) atoms. The minimum absolute atomic E-state index is 0.0664. The van der Waals surface area contributed by atoms with E-state index in [9.17, 15) is 20.0 Å². The van der Waals surface area contributed by atoms with Gasteiger partial charge in [-0.05, 0) is 6.42 Å². The lowest BCUT2D eigenvalue weighted by atomic mass is 10.0. The van der Waals surface area contributed by atoms with E-state index in [1.807, 2.05) is 6.92 Å². The molecule has 1 atom stereocenters. The monoisotopic (exact) mass is 297 g/mol. The minimum Gasteiger partial charge on any atom is -0.386 e. The van der Waals surface area contributed by atoms with Gasteiger partial charge in [-0.2, -0.15) is 0 Å². The molecule has 0 saturated carbocycles. The van der Waals surface area contributed by atoms with Crippen molar-refractivity contribution in [2.75, 3.05) is 19.8 Å². The third-order valence-corrected chi connectivity index (χ3v) is 3.45. The van der Waals surface area contributed by atoms with Gasteiger partial charge in [0.15, 0.2) is 0 Å². The van der Waals surface area contributed by atoms with Crippen LogP contribution in [0.1, 0.15) is 30.3 Å². The van der Waals surface area contributed by atoms with Crippen LogP contribution in [0.4, 0.5) is 5.69 Å². The molecule has 0 radical (unpaired) electrons. The minimum atomic E-state index is -1.05. The van der Waals surface area contributed by atoms with E-state index in [0.717, 1.165) is 6.42 Å². The summed E-state index contributed by atoms with van der Waals surface area (Å²) in [7, 11) is 0. The van der Waals surface area contributed by atoms with Crippen molar-refractivity contribution in [3.63, 3.8) is 0 Å². The van der Waals surface area contributed by atoms with Crippen molar-refractivity contribution in [2.24, 2.45) is 0 Å². The van der Waals surface area contributed by atoms with E-state index in [1.54, 1.807) is 4.57 Å². The Labute approximate surface area is 121 Å². The summed E-state index contributed by atoms with van der Waals surface area (Å²) in [6.07, 6.45) is 2.57. The van der Waals surface area contributed by atoms with Crippen LogP contribution in [0.3, 0.4) is 0 Å². The summed E-state index contributed by atoms with van der Waals surface area (Å²) in [5.41, 5.74) is -0.938. The zero-order valence-electron chi connectivity index (χ0n) is 11.9. The summed E-state index contributed by atoms with van der Waals surface area (Å²) < 4.78 is 6.66. The molecule has 1 fully saturated rings. The Bertz CT molecular complexity index is 534. The number of amides is 1. The van der Waals surface area contributed by atoms with Gasteiger partial charge < -0.3 is 19.7 Å². The molecule has 1 unspecified atom stereocenters. The molecule has 116 valence electrons. The molecule has 1 aromatic heterocycles. The average molecular weight is 297 g/mol. The highest BCUT2D eigenvalue weighted by molar-refractivity contribution is 5.93. The predicted molar refractivity (Wildman–Crippen MR) is 74.1 cm³/mol. The van der Waals surface area contributed by atoms with Crippen molar-refractivity contribution < 1.29 is 19.6 Å². The quantitative estimate of drug-likeness (QED) is 0.593. The number of nitro groups is 1. The molecule has 8 nitrogen and oxygen atoms in total. The van der Waals surface area contributed by atoms with E-state index in [4.69, 9.17) is 4.74 Å². The van der Waals surface area contributed by atoms with Crippen LogP contribution < -0.4 is 5.32 Å². The number of ether oxygens (including phenoxy) is 1. The van der Waals surface area contributed by atoms with Crippen LogP contribution in [0.15, 0.2) is 12.3 Å². The van der Waals surface area contributed by atoms with Crippen molar-refractivity contribution in [2.45, 2.75) is 31.9 Å². The van der Waals surface area contributed by atoms with Gasteiger partial charge in [0.05, 0.1) is 17.7 Å². The molecule has 8 heteroatoms. The number of aromatic nitrogens is 1. The maximum Gasteiger partial charge on any atom is 0.287 e. The molecule has 1 aliphatic rings. The third-order valence-electron chi connectivity index (χ3n) is 3.45. The Morgan fingerprint density at radius 1 is 1.67 bits per heavy atom. The first-order chi connectivity index (χ1) is 9.95. The van der Waals surface area contributed by atoms with Crippen LogP contribution in [0, 0.1) is 10.1 Å². The van der Waals surface area contributed by atoms with Gasteiger partial charge in [0.1, 0.15) is 11.3 Å². The molecule has 0 aliphatic carbocycles. The predicted octanol–water partition coefficient (Wildman–Crippen LogP) is 0.688. The van der Waals surface area contributed by atoms with Crippen LogP contribution in [0.25, 0.3) is 0 Å². The van der Waals surface area contributed by atoms with E-state index in [-0.39, 0.29) is 24.5 Å². The zero-order chi connectivity index (χ0) is 15.5. The standard InChI is InChI=1S/C13H19N3O5/c1-2-4-15-7-10(16(19)20)6-11(15)12(17)14-8-13(18)3-5-21-9-13/h6-7,18H,2-5,8-9H2,1H3,(H,14,17). The summed E-state index contributed by atoms with van der Waals surface area (Å²) in [6.45, 7) is 3.15. The molecule has 0 bridgehead atoms. The first-order valence-corrected chi connectivity index (χ1v) is 6.88. The lowest BCUT2D eigenvalue weighted by Crippen LogP contribution is -2.43. The Balaban J connectivity index is 2.08. The van der Waals surface area contributed by atoms with E-state index >= 15 is 0 Å². The summed E-state index contributed by atoms with van der Waals surface area (Å²) in [5, 5.41) is 23.5. The zero-order valence-corrected chi connectivity index (χ0v) is 11.9. The Morgan fingerprint density at radius 3 is 3.00 bits per heavy atom. The fraction of sp³-hybridized carbons (Fsp3) is 0.615. The Kier molecular flexibility index (Phi) is 4.59. The highest BCUT2D eigenvalue weighted by Crippen LogP contribution is 2.19. The second-order valence-corrected chi connectivity index (χ2v) is 5.24. The number of hydrogen-bond acceptors (Lipinski definition) is 5. The summed E-state index contributed by atoms with van der Waals surface area (Å²) in [5.74, 6) is -0.433. The van der Waals surface area contributed by atoms with Gasteiger partial charge in [-0.3, -0.25) is 14.9 Å². The van der Waals surface area contributed by atoms with Crippen molar-refractivity contribution >= 4 is 11.6 Å². The van der Waals surface area contributed by atoms with Gasteiger partial charge in [0, 0.05) is 32.2 Å². The van der Waals surface area contributed by atoms with Crippen molar-refractivity contribution in [1.29, 1.82) is 0 Å². The van der Waals surface area contributed by atoms with Gasteiger partial charge in [0.2, 0.25) is 0 Å². The highest BCUT2D eigenvalue weighted by atomic mass is 16.6. The first-order valence-electron chi connectivity index (χ1n) is 6.88. The lowest BCUT2D eigenvalue weighted by molar-refractivity contribution is -0.384. The fourth-order valence-corrected chi connectivity index (χ4v) is 2.28. The normalized spacial score (nSPS) is 21.4. The molecule has 1 aromatic rings. The van der Waals surface area contributed by atoms with Crippen molar-refractivity contribution in [3.8, 4) is 0 Å². The van der Waals surface area contributed by atoms with Gasteiger partial charge in [-0.1, -0.05) is 6.92 Å². The van der Waals surface area contributed by atoms with E-state index < -0.39 is 16.4 Å². The van der Waals surface area contributed by atoms with Gasteiger partial charge >= 0.3 is 0 Å². The van der Waals surface area contributed by atoms with Gasteiger partial charge in [-0.15, -0.1) is 0 Å². The van der Waals surface area contributed by atoms with Crippen LogP contribution in [-0.2, 0) is 11.3 Å². The number of aryl methyl sites for hydroxylation is 1. The third kappa shape index (κ3) is 3.59. The molecule has 1 amide bonds. The Morgan fingerprint density at radius 2 is 2.43 bits per heavy atom. The van der Waals surface area contributed by atoms with Crippen LogP contribution in [-0.4, -0.2) is 45.9 Å². The summed E-state index contributed by atoms with van der Waals surface area (Å²) in [6, 6.07) is 1.25. The average Bonchev–Trinajstić information content (AvgIpc) is 3.04. The number of carbonyl (C=O) groups is 1. The van der Waals surface area contributed by atoms with E-state index in [0.29, 0.717) is 19.6 Å². The van der Waals surface area contributed by atoms with E-state index in [1.165, 1.54) is 12.3 Å². The molecule has 0 aromatic carbocycles. The lowest BCUT2D eigenvalue weighted by Gasteiger charge is -2.20. The maximum atomic E-state index is 12.2. The smallest absolute Gasteiger partial charge is 0.287 e. The number of aliphatic hydroxyl groups is 1. The number of carbonyl (C=O) groups excluding carboxylic acids is 1. The topological polar surface area (TPSA) is 107 Å². The molecule has 1 aliphatic heterocycles. The summed E-state index contributed by atoms with van der Waals surface area (Å²) >= 11 is 0. The Hall–Kier alpha value is -1.93. The highest BCUT2D eigenvalue weighted by Gasteiger charge is 2.33. The first kappa shape index (κ1) is 15.5. The summed E-state index contributed by atoms with van der Waals surface area (Å²) in [4.78, 5) is 22.5. The van der Waals surface area contributed by atoms with Gasteiger partial charge in [0.25, 0.3) is 11.6 Å². The number of rotatable bonds is 6. The molecule has 2 rings (SSSR count). The van der Waals surface area contributed by atoms with Gasteiger partial charge in [-0.25, -0.2) is 0 Å². The molecule has 0 spiro atoms. The second kappa shape index (κ2) is 6.23. The number of nitrogens with zero attached hydrogens (tertiary/aromatic N) is 2. The fourth-order valence-electron chi connectivity index (χ4n) is 2.28. The molecule has 2 N–H and O–H groups in total.